The summed E-state index contributed by atoms with van der Waals surface area (Å²) in [7, 11) is 0. The molecule has 0 bridgehead atoms. The SMILES string of the molecule is CC1CC(C)CN(C(=O)COC(=O)c2ccc(NC(=O)c3ccco3)cc2)C1. The van der Waals surface area contributed by atoms with Crippen LogP contribution in [0.4, 0.5) is 5.69 Å². The molecule has 0 saturated carbocycles. The third-order valence-electron chi connectivity index (χ3n) is 4.67. The fourth-order valence-corrected chi connectivity index (χ4v) is 3.46. The quantitative estimate of drug-likeness (QED) is 0.800. The molecule has 1 aromatic heterocycles. The molecule has 1 N–H and O–H groups in total. The molecule has 2 aromatic rings. The highest BCUT2D eigenvalue weighted by Gasteiger charge is 2.26. The predicted octanol–water partition coefficient (Wildman–Crippen LogP) is 3.19. The van der Waals surface area contributed by atoms with Gasteiger partial charge in [-0.25, -0.2) is 4.79 Å². The van der Waals surface area contributed by atoms with E-state index in [4.69, 9.17) is 9.15 Å². The Morgan fingerprint density at radius 2 is 1.79 bits per heavy atom. The molecule has 28 heavy (non-hydrogen) atoms. The third-order valence-corrected chi connectivity index (χ3v) is 4.67. The minimum absolute atomic E-state index is 0.172. The summed E-state index contributed by atoms with van der Waals surface area (Å²) < 4.78 is 10.2. The molecule has 0 aliphatic carbocycles. The van der Waals surface area contributed by atoms with Crippen LogP contribution in [-0.4, -0.2) is 42.4 Å². The number of amides is 2. The van der Waals surface area contributed by atoms with E-state index in [9.17, 15) is 14.4 Å². The van der Waals surface area contributed by atoms with Crippen molar-refractivity contribution in [2.24, 2.45) is 11.8 Å². The summed E-state index contributed by atoms with van der Waals surface area (Å²) in [5.41, 5.74) is 0.828. The predicted molar refractivity (Wildman–Crippen MR) is 103 cm³/mol. The fourth-order valence-electron chi connectivity index (χ4n) is 3.46. The van der Waals surface area contributed by atoms with Crippen molar-refractivity contribution in [3.63, 3.8) is 0 Å². The van der Waals surface area contributed by atoms with E-state index in [1.807, 2.05) is 0 Å². The first-order chi connectivity index (χ1) is 13.4. The van der Waals surface area contributed by atoms with Gasteiger partial charge in [-0.05, 0) is 54.7 Å². The summed E-state index contributed by atoms with van der Waals surface area (Å²) in [6, 6.07) is 9.44. The third kappa shape index (κ3) is 5.00. The van der Waals surface area contributed by atoms with E-state index in [0.29, 0.717) is 36.2 Å². The summed E-state index contributed by atoms with van der Waals surface area (Å²) in [6.07, 6.45) is 2.52. The second-order valence-electron chi connectivity index (χ2n) is 7.33. The second kappa shape index (κ2) is 8.73. The van der Waals surface area contributed by atoms with Gasteiger partial charge in [0.2, 0.25) is 0 Å². The molecule has 1 fully saturated rings. The van der Waals surface area contributed by atoms with E-state index in [-0.39, 0.29) is 24.2 Å². The molecule has 1 aliphatic heterocycles. The number of likely N-dealkylation sites (tertiary alicyclic amines) is 1. The average molecular weight is 384 g/mol. The topological polar surface area (TPSA) is 88.9 Å². The number of benzene rings is 1. The normalized spacial score (nSPS) is 19.1. The number of esters is 1. The molecular formula is C21H24N2O5. The molecular weight excluding hydrogens is 360 g/mol. The number of piperidine rings is 1. The zero-order valence-electron chi connectivity index (χ0n) is 16.0. The van der Waals surface area contributed by atoms with Crippen LogP contribution in [0.3, 0.4) is 0 Å². The maximum absolute atomic E-state index is 12.3. The van der Waals surface area contributed by atoms with Crippen LogP contribution in [0.15, 0.2) is 47.1 Å². The fraction of sp³-hybridized carbons (Fsp3) is 0.381. The molecule has 1 aliphatic rings. The average Bonchev–Trinajstić information content (AvgIpc) is 3.20. The molecule has 148 valence electrons. The minimum Gasteiger partial charge on any atom is -0.459 e. The van der Waals surface area contributed by atoms with Gasteiger partial charge >= 0.3 is 5.97 Å². The number of anilines is 1. The van der Waals surface area contributed by atoms with Crippen molar-refractivity contribution in [3.05, 3.63) is 54.0 Å². The van der Waals surface area contributed by atoms with Gasteiger partial charge in [0.15, 0.2) is 12.4 Å². The van der Waals surface area contributed by atoms with Gasteiger partial charge in [-0.3, -0.25) is 9.59 Å². The van der Waals surface area contributed by atoms with E-state index in [2.05, 4.69) is 19.2 Å². The van der Waals surface area contributed by atoms with Gasteiger partial charge in [0.1, 0.15) is 0 Å². The lowest BCUT2D eigenvalue weighted by molar-refractivity contribution is -0.137. The smallest absolute Gasteiger partial charge is 0.338 e. The van der Waals surface area contributed by atoms with Crippen LogP contribution in [0.2, 0.25) is 0 Å². The Kier molecular flexibility index (Phi) is 6.13. The van der Waals surface area contributed by atoms with Gasteiger partial charge in [0.05, 0.1) is 11.8 Å². The number of nitrogens with one attached hydrogen (secondary N) is 1. The number of furan rings is 1. The summed E-state index contributed by atoms with van der Waals surface area (Å²) >= 11 is 0. The van der Waals surface area contributed by atoms with Crippen molar-refractivity contribution in [2.75, 3.05) is 25.0 Å². The van der Waals surface area contributed by atoms with Gasteiger partial charge in [0, 0.05) is 18.8 Å². The number of nitrogens with zero attached hydrogens (tertiary/aromatic N) is 1. The molecule has 0 spiro atoms. The van der Waals surface area contributed by atoms with Crippen LogP contribution < -0.4 is 5.32 Å². The highest BCUT2D eigenvalue weighted by Crippen LogP contribution is 2.21. The van der Waals surface area contributed by atoms with Gasteiger partial charge in [-0.2, -0.15) is 0 Å². The molecule has 2 amide bonds. The molecule has 7 nitrogen and oxygen atoms in total. The van der Waals surface area contributed by atoms with Crippen molar-refractivity contribution in [1.29, 1.82) is 0 Å². The molecule has 1 saturated heterocycles. The van der Waals surface area contributed by atoms with Crippen LogP contribution in [0, 0.1) is 11.8 Å². The Bertz CT molecular complexity index is 819. The Labute approximate surface area is 163 Å². The first-order valence-corrected chi connectivity index (χ1v) is 9.32. The first kappa shape index (κ1) is 19.7. The maximum atomic E-state index is 12.3. The summed E-state index contributed by atoms with van der Waals surface area (Å²) in [6.45, 7) is 5.37. The zero-order valence-corrected chi connectivity index (χ0v) is 16.0. The van der Waals surface area contributed by atoms with Crippen molar-refractivity contribution in [1.82, 2.24) is 4.90 Å². The van der Waals surface area contributed by atoms with Gasteiger partial charge in [-0.15, -0.1) is 0 Å². The zero-order chi connectivity index (χ0) is 20.1. The largest absolute Gasteiger partial charge is 0.459 e. The van der Waals surface area contributed by atoms with Gasteiger partial charge in [0.25, 0.3) is 11.8 Å². The van der Waals surface area contributed by atoms with Gasteiger partial charge in [-0.1, -0.05) is 13.8 Å². The Morgan fingerprint density at radius 1 is 1.11 bits per heavy atom. The Morgan fingerprint density at radius 3 is 2.39 bits per heavy atom. The lowest BCUT2D eigenvalue weighted by Crippen LogP contribution is -2.44. The number of hydrogen-bond acceptors (Lipinski definition) is 5. The lowest BCUT2D eigenvalue weighted by atomic mass is 9.92. The highest BCUT2D eigenvalue weighted by atomic mass is 16.5. The number of ether oxygens (including phenoxy) is 1. The molecule has 1 aromatic carbocycles. The van der Waals surface area contributed by atoms with Crippen LogP contribution >= 0.6 is 0 Å². The second-order valence-corrected chi connectivity index (χ2v) is 7.33. The molecule has 2 unspecified atom stereocenters. The van der Waals surface area contributed by atoms with Crippen LogP contribution in [0.5, 0.6) is 0 Å². The van der Waals surface area contributed by atoms with E-state index >= 15 is 0 Å². The summed E-state index contributed by atoms with van der Waals surface area (Å²) in [5, 5.41) is 2.67. The first-order valence-electron chi connectivity index (χ1n) is 9.32. The summed E-state index contributed by atoms with van der Waals surface area (Å²) in [4.78, 5) is 38.2. The Balaban J connectivity index is 1.50. The summed E-state index contributed by atoms with van der Waals surface area (Å²) in [5.74, 6) is -0.0247. The van der Waals surface area contributed by atoms with Crippen molar-refractivity contribution >= 4 is 23.5 Å². The standard InChI is InChI=1S/C21H24N2O5/c1-14-10-15(2)12-23(11-14)19(24)13-28-21(26)16-5-7-17(8-6-16)22-20(25)18-4-3-9-27-18/h3-9,14-15H,10-13H2,1-2H3,(H,22,25). The highest BCUT2D eigenvalue weighted by molar-refractivity contribution is 6.02. The molecule has 0 radical (unpaired) electrons. The van der Waals surface area contributed by atoms with Crippen molar-refractivity contribution in [2.45, 2.75) is 20.3 Å². The van der Waals surface area contributed by atoms with E-state index in [0.717, 1.165) is 6.42 Å². The van der Waals surface area contributed by atoms with Crippen LogP contribution in [0.1, 0.15) is 41.2 Å². The number of carbonyl (C=O) groups is 3. The van der Waals surface area contributed by atoms with Crippen molar-refractivity contribution in [3.8, 4) is 0 Å². The lowest BCUT2D eigenvalue weighted by Gasteiger charge is -2.34. The molecule has 2 heterocycles. The molecule has 7 heteroatoms. The maximum Gasteiger partial charge on any atom is 0.338 e. The molecule has 3 rings (SSSR count). The number of rotatable bonds is 5. The van der Waals surface area contributed by atoms with Crippen LogP contribution in [0.25, 0.3) is 0 Å². The van der Waals surface area contributed by atoms with E-state index < -0.39 is 5.97 Å². The van der Waals surface area contributed by atoms with Crippen LogP contribution in [-0.2, 0) is 9.53 Å². The van der Waals surface area contributed by atoms with E-state index in [1.54, 1.807) is 29.2 Å². The minimum atomic E-state index is -0.574. The Hall–Kier alpha value is -3.09. The van der Waals surface area contributed by atoms with Gasteiger partial charge < -0.3 is 19.4 Å². The monoisotopic (exact) mass is 384 g/mol. The number of carbonyl (C=O) groups excluding carboxylic acids is 3. The van der Waals surface area contributed by atoms with Crippen molar-refractivity contribution < 1.29 is 23.5 Å². The molecule has 2 atom stereocenters. The number of hydrogen-bond donors (Lipinski definition) is 1. The van der Waals surface area contributed by atoms with E-state index in [1.165, 1.54) is 18.4 Å².